The van der Waals surface area contributed by atoms with E-state index >= 15 is 0 Å². The summed E-state index contributed by atoms with van der Waals surface area (Å²) in [5, 5.41) is 15.6. The van der Waals surface area contributed by atoms with Crippen LogP contribution < -0.4 is 9.47 Å². The second-order valence-electron chi connectivity index (χ2n) is 9.24. The molecule has 0 aliphatic rings. The first kappa shape index (κ1) is 27.3. The van der Waals surface area contributed by atoms with Crippen LogP contribution >= 0.6 is 0 Å². The van der Waals surface area contributed by atoms with E-state index in [1.54, 1.807) is 7.11 Å². The maximum atomic E-state index is 10.6. The van der Waals surface area contributed by atoms with Crippen LogP contribution in [0.15, 0.2) is 54.6 Å². The fourth-order valence-electron chi connectivity index (χ4n) is 3.91. The lowest BCUT2D eigenvalue weighted by Gasteiger charge is -2.29. The number of hydrogen-bond acceptors (Lipinski definition) is 6. The highest BCUT2D eigenvalue weighted by molar-refractivity contribution is 5.46. The molecule has 7 heteroatoms. The molecule has 1 heterocycles. The molecule has 0 radical (unpaired) electrons. The molecule has 1 unspecified atom stereocenters. The van der Waals surface area contributed by atoms with Gasteiger partial charge in [0.15, 0.2) is 0 Å². The minimum atomic E-state index is -0.668. The average molecular weight is 492 g/mol. The van der Waals surface area contributed by atoms with Gasteiger partial charge in [-0.2, -0.15) is 5.10 Å². The lowest BCUT2D eigenvalue weighted by Crippen LogP contribution is -2.39. The molecule has 3 aromatic rings. The van der Waals surface area contributed by atoms with E-state index in [0.29, 0.717) is 19.0 Å². The molecule has 3 rings (SSSR count). The highest BCUT2D eigenvalue weighted by Crippen LogP contribution is 2.35. The Morgan fingerprint density at radius 1 is 1.03 bits per heavy atom. The first-order valence-electron chi connectivity index (χ1n) is 12.3. The molecule has 0 spiro atoms. The van der Waals surface area contributed by atoms with Crippen molar-refractivity contribution >= 4 is 0 Å². The summed E-state index contributed by atoms with van der Waals surface area (Å²) in [7, 11) is 1.65. The van der Waals surface area contributed by atoms with Gasteiger partial charge in [-0.3, -0.25) is 4.90 Å². The van der Waals surface area contributed by atoms with Crippen molar-refractivity contribution in [3.05, 3.63) is 65.9 Å². The predicted molar refractivity (Wildman–Crippen MR) is 142 cm³/mol. The number of methoxy groups -OCH3 is 1. The predicted octanol–water partition coefficient (Wildman–Crippen LogP) is 5.02. The number of hydrogen-bond donors (Lipinski definition) is 1. The van der Waals surface area contributed by atoms with E-state index in [0.717, 1.165) is 28.4 Å². The summed E-state index contributed by atoms with van der Waals surface area (Å²) >= 11 is 0. The van der Waals surface area contributed by atoms with Crippen LogP contribution in [-0.4, -0.2) is 58.8 Å². The van der Waals surface area contributed by atoms with Crippen molar-refractivity contribution in [1.82, 2.24) is 14.7 Å². The smallest absolute Gasteiger partial charge is 0.227 e. The number of para-hydroxylation sites is 1. The van der Waals surface area contributed by atoms with E-state index in [4.69, 9.17) is 25.7 Å². The lowest BCUT2D eigenvalue weighted by atomic mass is 10.0. The Labute approximate surface area is 214 Å². The van der Waals surface area contributed by atoms with Crippen molar-refractivity contribution in [2.24, 2.45) is 0 Å². The van der Waals surface area contributed by atoms with Gasteiger partial charge in [-0.25, -0.2) is 4.68 Å². The Balaban J connectivity index is 2.03. The van der Waals surface area contributed by atoms with Crippen molar-refractivity contribution in [3.8, 4) is 35.4 Å². The topological polar surface area (TPSA) is 69.0 Å². The maximum absolute atomic E-state index is 10.6. The number of terminal acetylenes is 1. The number of benzene rings is 2. The second kappa shape index (κ2) is 13.1. The van der Waals surface area contributed by atoms with Crippen molar-refractivity contribution in [2.75, 3.05) is 26.9 Å². The van der Waals surface area contributed by atoms with Crippen molar-refractivity contribution in [3.63, 3.8) is 0 Å². The van der Waals surface area contributed by atoms with Crippen LogP contribution in [0, 0.1) is 12.3 Å². The monoisotopic (exact) mass is 491 g/mol. The largest absolute Gasteiger partial charge is 0.497 e. The van der Waals surface area contributed by atoms with Crippen LogP contribution in [0.5, 0.6) is 17.4 Å². The molecule has 0 bridgehead atoms. The Hall–Kier alpha value is -3.31. The number of aromatic nitrogens is 2. The van der Waals surface area contributed by atoms with Gasteiger partial charge in [-0.05, 0) is 56.2 Å². The summed E-state index contributed by atoms with van der Waals surface area (Å²) in [5.74, 6) is 4.74. The summed E-state index contributed by atoms with van der Waals surface area (Å²) in [6.07, 6.45) is 4.59. The summed E-state index contributed by atoms with van der Waals surface area (Å²) in [6, 6.07) is 17.6. The van der Waals surface area contributed by atoms with Crippen LogP contribution in [-0.2, 0) is 11.3 Å². The lowest BCUT2D eigenvalue weighted by molar-refractivity contribution is 0.0190. The fourth-order valence-corrected chi connectivity index (χ4v) is 3.91. The highest BCUT2D eigenvalue weighted by atomic mass is 16.5. The number of aliphatic hydroxyl groups is 1. The van der Waals surface area contributed by atoms with E-state index in [9.17, 15) is 5.11 Å². The fraction of sp³-hybridized carbons (Fsp3) is 0.414. The van der Waals surface area contributed by atoms with Crippen LogP contribution in [0.2, 0.25) is 0 Å². The van der Waals surface area contributed by atoms with Crippen LogP contribution in [0.25, 0.3) is 5.69 Å². The molecule has 0 aliphatic carbocycles. The quantitative estimate of drug-likeness (QED) is 0.268. The zero-order valence-corrected chi connectivity index (χ0v) is 21.8. The molecule has 1 aromatic heterocycles. The molecular formula is C29H37N3O4. The van der Waals surface area contributed by atoms with E-state index < -0.39 is 6.10 Å². The van der Waals surface area contributed by atoms with E-state index in [-0.39, 0.29) is 25.2 Å². The maximum Gasteiger partial charge on any atom is 0.227 e. The molecule has 2 aromatic carbocycles. The molecule has 0 fully saturated rings. The molecule has 0 saturated carbocycles. The van der Waals surface area contributed by atoms with E-state index in [1.807, 2.05) is 59.3 Å². The van der Waals surface area contributed by atoms with Crippen molar-refractivity contribution in [1.29, 1.82) is 0 Å². The van der Waals surface area contributed by atoms with Gasteiger partial charge < -0.3 is 19.3 Å². The Bertz CT molecular complexity index is 1120. The molecule has 0 saturated heterocycles. The molecule has 1 N–H and O–H groups in total. The van der Waals surface area contributed by atoms with Gasteiger partial charge in [-0.1, -0.05) is 38.0 Å². The molecule has 192 valence electrons. The summed E-state index contributed by atoms with van der Waals surface area (Å²) in [6.45, 7) is 9.81. The van der Waals surface area contributed by atoms with Crippen molar-refractivity contribution in [2.45, 2.75) is 52.3 Å². The average Bonchev–Trinajstić information content (AvgIpc) is 3.22. The first-order valence-corrected chi connectivity index (χ1v) is 12.3. The summed E-state index contributed by atoms with van der Waals surface area (Å²) in [4.78, 5) is 2.20. The van der Waals surface area contributed by atoms with Crippen molar-refractivity contribution < 1.29 is 19.3 Å². The van der Waals surface area contributed by atoms with Crippen LogP contribution in [0.3, 0.4) is 0 Å². The SMILES string of the molecule is C#CCOCC(O)CN(Cc1c(C(C)C)nn(-c2ccc(OC)cc2)c1Oc1ccccc1)C(C)C. The van der Waals surface area contributed by atoms with Crippen LogP contribution in [0.1, 0.15) is 44.9 Å². The number of rotatable bonds is 13. The third-order valence-corrected chi connectivity index (χ3v) is 5.82. The van der Waals surface area contributed by atoms with E-state index in [1.165, 1.54) is 0 Å². The Kier molecular flexibility index (Phi) is 9.95. The van der Waals surface area contributed by atoms with Gasteiger partial charge in [0.25, 0.3) is 0 Å². The molecule has 36 heavy (non-hydrogen) atoms. The molecule has 7 nitrogen and oxygen atoms in total. The van der Waals surface area contributed by atoms with Gasteiger partial charge in [0, 0.05) is 19.1 Å². The zero-order valence-electron chi connectivity index (χ0n) is 21.8. The third-order valence-electron chi connectivity index (χ3n) is 5.82. The Morgan fingerprint density at radius 3 is 2.31 bits per heavy atom. The first-order chi connectivity index (χ1) is 17.3. The number of aliphatic hydroxyl groups excluding tert-OH is 1. The van der Waals surface area contributed by atoms with E-state index in [2.05, 4.69) is 38.5 Å². The van der Waals surface area contributed by atoms with Gasteiger partial charge in [0.05, 0.1) is 36.8 Å². The van der Waals surface area contributed by atoms with Gasteiger partial charge >= 0.3 is 0 Å². The third kappa shape index (κ3) is 7.11. The van der Waals surface area contributed by atoms with Gasteiger partial charge in [0.2, 0.25) is 5.88 Å². The molecular weight excluding hydrogens is 454 g/mol. The summed E-state index contributed by atoms with van der Waals surface area (Å²) in [5.41, 5.74) is 2.80. The molecule has 1 atom stereocenters. The Morgan fingerprint density at radius 2 is 1.72 bits per heavy atom. The van der Waals surface area contributed by atoms with Gasteiger partial charge in [0.1, 0.15) is 18.1 Å². The second-order valence-corrected chi connectivity index (χ2v) is 9.24. The molecule has 0 aliphatic heterocycles. The normalized spacial score (nSPS) is 12.2. The zero-order chi connectivity index (χ0) is 26.1. The summed E-state index contributed by atoms with van der Waals surface area (Å²) < 4.78 is 19.0. The standard InChI is InChI=1S/C29H37N3O4/c1-7-17-35-20-24(33)18-31(22(4)5)19-27-28(21(2)3)30-32(23-13-15-25(34-6)16-14-23)29(27)36-26-11-9-8-10-12-26/h1,8-16,21-22,24,33H,17-20H2,2-6H3. The highest BCUT2D eigenvalue weighted by Gasteiger charge is 2.26. The van der Waals surface area contributed by atoms with Gasteiger partial charge in [-0.15, -0.1) is 6.42 Å². The number of ether oxygens (including phenoxy) is 3. The minimum absolute atomic E-state index is 0.163. The molecule has 0 amide bonds. The minimum Gasteiger partial charge on any atom is -0.497 e. The number of nitrogens with zero attached hydrogens (tertiary/aromatic N) is 3. The van der Waals surface area contributed by atoms with Crippen LogP contribution in [0.4, 0.5) is 0 Å².